The summed E-state index contributed by atoms with van der Waals surface area (Å²) in [6, 6.07) is 25.5. The monoisotopic (exact) mass is 850 g/mol. The molecule has 0 spiro atoms. The zero-order valence-electron chi connectivity index (χ0n) is 37.0. The SMILES string of the molecule is C1=CCC(c2nc(C3=C4C=CC=CC4C(n4c5c(c6c(C7=C8CCC=CC8c8c7ccc7ccccc87)c7ccccc7cc64)C=CCC5)C=C3)nc(C3CC=CC4C=CC=CC43)n2)C=C1. The average Bonchev–Trinajstić information content (AvgIpc) is 3.90. The first-order chi connectivity index (χ1) is 32.8. The lowest BCUT2D eigenvalue weighted by Gasteiger charge is -2.34. The van der Waals surface area contributed by atoms with Crippen molar-refractivity contribution in [2.24, 2.45) is 17.8 Å². The maximum Gasteiger partial charge on any atom is 0.163 e. The maximum atomic E-state index is 5.48. The number of rotatable bonds is 5. The number of fused-ring (bicyclic) bond motifs is 11. The van der Waals surface area contributed by atoms with Crippen LogP contribution in [0.15, 0.2) is 193 Å². The molecular formula is C62H50N4. The molecule has 8 aliphatic rings. The van der Waals surface area contributed by atoms with Crippen LogP contribution in [0.4, 0.5) is 0 Å². The zero-order valence-corrected chi connectivity index (χ0v) is 37.0. The maximum absolute atomic E-state index is 5.48. The standard InChI is InChI=1S/C62H50N4/c1-2-19-40(20-3-1)60-63-61(49-31-16-22-38-17-4-7-23-42(38)49)65-62(64-60)50-35-36-54(46-27-11-10-26-45(46)50)66-53-32-15-14-30-51(53)58-55(66)37-41-21-6-9-25-44(41)59(58)57-48-29-13-12-28-47(48)56-43-24-8-5-18-39(43)33-34-52(56)57/h1-12,14,16-19,21-28,30,33-38,40,42,46-47,49,54H,13,15,20,29,31-32H2. The molecule has 0 bridgehead atoms. The lowest BCUT2D eigenvalue weighted by atomic mass is 9.73. The van der Waals surface area contributed by atoms with Gasteiger partial charge in [0.2, 0.25) is 0 Å². The first kappa shape index (κ1) is 38.1. The van der Waals surface area contributed by atoms with E-state index in [1.807, 2.05) is 0 Å². The van der Waals surface area contributed by atoms with Crippen molar-refractivity contribution in [3.05, 3.63) is 239 Å². The molecule has 4 aromatic carbocycles. The van der Waals surface area contributed by atoms with E-state index in [4.69, 9.17) is 15.0 Å². The Morgan fingerprint density at radius 1 is 0.606 bits per heavy atom. The smallest absolute Gasteiger partial charge is 0.163 e. The van der Waals surface area contributed by atoms with E-state index in [1.54, 1.807) is 5.57 Å². The minimum atomic E-state index is 0.0649. The summed E-state index contributed by atoms with van der Waals surface area (Å²) in [6.07, 6.45) is 52.3. The van der Waals surface area contributed by atoms with Gasteiger partial charge in [0.15, 0.2) is 5.82 Å². The molecule has 0 saturated heterocycles. The molecule has 0 radical (unpaired) electrons. The molecule has 7 unspecified atom stereocenters. The van der Waals surface area contributed by atoms with Crippen LogP contribution in [0.1, 0.15) is 101 Å². The minimum Gasteiger partial charge on any atom is -0.336 e. The van der Waals surface area contributed by atoms with Crippen LogP contribution in [0.25, 0.3) is 49.7 Å². The van der Waals surface area contributed by atoms with Crippen molar-refractivity contribution in [3.8, 4) is 0 Å². The Morgan fingerprint density at radius 3 is 2.39 bits per heavy atom. The van der Waals surface area contributed by atoms with Crippen molar-refractivity contribution in [3.63, 3.8) is 0 Å². The number of aromatic nitrogens is 4. The van der Waals surface area contributed by atoms with Gasteiger partial charge in [-0.25, -0.2) is 15.0 Å². The number of hydrogen-bond acceptors (Lipinski definition) is 3. The number of hydrogen-bond donors (Lipinski definition) is 0. The van der Waals surface area contributed by atoms with Crippen molar-refractivity contribution in [1.29, 1.82) is 0 Å². The summed E-state index contributed by atoms with van der Waals surface area (Å²) >= 11 is 0. The van der Waals surface area contributed by atoms with Crippen LogP contribution >= 0.6 is 0 Å². The van der Waals surface area contributed by atoms with Crippen LogP contribution in [0.3, 0.4) is 0 Å². The van der Waals surface area contributed by atoms with Crippen LogP contribution in [0.5, 0.6) is 0 Å². The topological polar surface area (TPSA) is 43.6 Å². The Kier molecular flexibility index (Phi) is 8.79. The fourth-order valence-corrected chi connectivity index (χ4v) is 13.0. The van der Waals surface area contributed by atoms with Crippen LogP contribution in [-0.2, 0) is 6.42 Å². The molecule has 0 fully saturated rings. The van der Waals surface area contributed by atoms with Gasteiger partial charge in [-0.05, 0) is 94.3 Å². The van der Waals surface area contributed by atoms with Gasteiger partial charge >= 0.3 is 0 Å². The highest BCUT2D eigenvalue weighted by Gasteiger charge is 2.39. The Bertz CT molecular complexity index is 3470. The minimum absolute atomic E-state index is 0.0649. The lowest BCUT2D eigenvalue weighted by molar-refractivity contribution is 0.406. The first-order valence-electron chi connectivity index (χ1n) is 24.3. The molecule has 4 heteroatoms. The molecule has 0 aliphatic heterocycles. The second-order valence-corrected chi connectivity index (χ2v) is 19.3. The van der Waals surface area contributed by atoms with Crippen molar-refractivity contribution < 1.29 is 0 Å². The molecule has 0 amide bonds. The molecule has 2 heterocycles. The molecule has 7 atom stereocenters. The van der Waals surface area contributed by atoms with E-state index < -0.39 is 0 Å². The Labute approximate surface area is 386 Å². The van der Waals surface area contributed by atoms with Gasteiger partial charge in [0, 0.05) is 57.4 Å². The quantitative estimate of drug-likeness (QED) is 0.162. The Balaban J connectivity index is 0.960. The van der Waals surface area contributed by atoms with Gasteiger partial charge in [-0.2, -0.15) is 0 Å². The molecule has 0 saturated carbocycles. The highest BCUT2D eigenvalue weighted by atomic mass is 15.1. The summed E-state index contributed by atoms with van der Waals surface area (Å²) in [7, 11) is 0. The third kappa shape index (κ3) is 5.80. The fourth-order valence-electron chi connectivity index (χ4n) is 13.0. The van der Waals surface area contributed by atoms with Gasteiger partial charge < -0.3 is 4.57 Å². The van der Waals surface area contributed by atoms with Gasteiger partial charge in [-0.3, -0.25) is 0 Å². The summed E-state index contributed by atoms with van der Waals surface area (Å²) in [5.74, 6) is 3.96. The van der Waals surface area contributed by atoms with Crippen LogP contribution < -0.4 is 0 Å². The van der Waals surface area contributed by atoms with Gasteiger partial charge in [-0.15, -0.1) is 0 Å². The van der Waals surface area contributed by atoms with E-state index in [1.165, 1.54) is 71.5 Å². The molecule has 4 nitrogen and oxygen atoms in total. The zero-order chi connectivity index (χ0) is 43.3. The van der Waals surface area contributed by atoms with E-state index in [-0.39, 0.29) is 29.7 Å². The summed E-state index contributed by atoms with van der Waals surface area (Å²) < 4.78 is 2.74. The van der Waals surface area contributed by atoms with Crippen molar-refractivity contribution in [2.75, 3.05) is 0 Å². The lowest BCUT2D eigenvalue weighted by Crippen LogP contribution is -2.26. The predicted molar refractivity (Wildman–Crippen MR) is 272 cm³/mol. The highest BCUT2D eigenvalue weighted by molar-refractivity contribution is 6.16. The van der Waals surface area contributed by atoms with Crippen LogP contribution in [0.2, 0.25) is 0 Å². The third-order valence-electron chi connectivity index (χ3n) is 15.9. The van der Waals surface area contributed by atoms with Gasteiger partial charge in [0.05, 0.1) is 11.6 Å². The molecule has 66 heavy (non-hydrogen) atoms. The molecular weight excluding hydrogens is 801 g/mol. The van der Waals surface area contributed by atoms with Gasteiger partial charge in [0.1, 0.15) is 11.6 Å². The molecule has 318 valence electrons. The third-order valence-corrected chi connectivity index (χ3v) is 15.9. The summed E-state index contributed by atoms with van der Waals surface area (Å²) in [5, 5.41) is 6.72. The van der Waals surface area contributed by atoms with Crippen molar-refractivity contribution in [1.82, 2.24) is 19.5 Å². The van der Waals surface area contributed by atoms with Crippen LogP contribution in [-0.4, -0.2) is 19.5 Å². The molecule has 2 aromatic heterocycles. The van der Waals surface area contributed by atoms with E-state index in [2.05, 4.69) is 193 Å². The number of allylic oxidation sites excluding steroid dienone is 22. The van der Waals surface area contributed by atoms with Gasteiger partial charge in [0.25, 0.3) is 0 Å². The molecule has 0 N–H and O–H groups in total. The second kappa shape index (κ2) is 15.2. The average molecular weight is 851 g/mol. The number of benzene rings is 4. The largest absolute Gasteiger partial charge is 0.336 e. The van der Waals surface area contributed by atoms with E-state index in [9.17, 15) is 0 Å². The predicted octanol–water partition coefficient (Wildman–Crippen LogP) is 14.6. The van der Waals surface area contributed by atoms with E-state index >= 15 is 0 Å². The van der Waals surface area contributed by atoms with Crippen molar-refractivity contribution >= 4 is 49.7 Å². The normalized spacial score (nSPS) is 26.5. The van der Waals surface area contributed by atoms with E-state index in [0.717, 1.165) is 61.6 Å². The van der Waals surface area contributed by atoms with Crippen LogP contribution in [0, 0.1) is 17.8 Å². The number of nitrogens with zero attached hydrogens (tertiary/aromatic N) is 4. The first-order valence-corrected chi connectivity index (χ1v) is 24.3. The summed E-state index contributed by atoms with van der Waals surface area (Å²) in [5.41, 5.74) is 13.8. The summed E-state index contributed by atoms with van der Waals surface area (Å²) in [4.78, 5) is 16.2. The second-order valence-electron chi connectivity index (χ2n) is 19.3. The molecule has 14 rings (SSSR count). The van der Waals surface area contributed by atoms with Gasteiger partial charge in [-0.1, -0.05) is 188 Å². The Hall–Kier alpha value is -7.17. The highest BCUT2D eigenvalue weighted by Crippen LogP contribution is 2.55. The molecule has 6 aromatic rings. The Morgan fingerprint density at radius 2 is 1.45 bits per heavy atom. The summed E-state index contributed by atoms with van der Waals surface area (Å²) in [6.45, 7) is 0. The van der Waals surface area contributed by atoms with E-state index in [0.29, 0.717) is 11.8 Å². The molecule has 8 aliphatic carbocycles. The fraction of sp³-hybridized carbons (Fsp3) is 0.210. The van der Waals surface area contributed by atoms with Crippen molar-refractivity contribution in [2.45, 2.75) is 62.3 Å².